The molecule has 5 unspecified atom stereocenters. The zero-order valence-corrected chi connectivity index (χ0v) is 11.5. The van der Waals surface area contributed by atoms with Gasteiger partial charge in [-0.05, 0) is 6.08 Å². The summed E-state index contributed by atoms with van der Waals surface area (Å²) in [5.41, 5.74) is -2.15. The monoisotopic (exact) mass is 302 g/mol. The van der Waals surface area contributed by atoms with Crippen molar-refractivity contribution in [1.29, 1.82) is 0 Å². The topological polar surface area (TPSA) is 85.2 Å². The van der Waals surface area contributed by atoms with E-state index in [0.717, 1.165) is 0 Å². The third-order valence-corrected chi connectivity index (χ3v) is 3.80. The number of nitrogens with one attached hydrogen (secondary N) is 1. The van der Waals surface area contributed by atoms with Gasteiger partial charge in [0.05, 0.1) is 6.61 Å². The molecule has 0 spiro atoms. The van der Waals surface area contributed by atoms with Crippen molar-refractivity contribution in [1.82, 2.24) is 10.2 Å². The highest BCUT2D eigenvalue weighted by atomic mass is 32.1. The van der Waals surface area contributed by atoms with Gasteiger partial charge in [-0.1, -0.05) is 18.1 Å². The number of thiol groups is 1. The molecule has 6 nitrogen and oxygen atoms in total. The van der Waals surface area contributed by atoms with Crippen LogP contribution in [0.3, 0.4) is 0 Å². The van der Waals surface area contributed by atoms with Crippen molar-refractivity contribution in [3.8, 4) is 12.3 Å². The van der Waals surface area contributed by atoms with E-state index in [2.05, 4.69) is 23.9 Å². The van der Waals surface area contributed by atoms with Crippen LogP contribution in [0.15, 0.2) is 12.3 Å². The lowest BCUT2D eigenvalue weighted by atomic mass is 9.97. The van der Waals surface area contributed by atoms with Crippen LogP contribution in [0.25, 0.3) is 0 Å². The Hall–Kier alpha value is -0.820. The molecule has 4 N–H and O–H groups in total. The molecule has 0 bridgehead atoms. The average molecular weight is 302 g/mol. The minimum Gasteiger partial charge on any atom is -0.392 e. The van der Waals surface area contributed by atoms with Crippen LogP contribution in [-0.2, 0) is 4.74 Å². The molecule has 0 saturated carbocycles. The number of aliphatic hydroxyl groups excluding tert-OH is 3. The molecule has 0 amide bonds. The van der Waals surface area contributed by atoms with Crippen molar-refractivity contribution >= 4 is 29.8 Å². The smallest absolute Gasteiger partial charge is 0.182 e. The molecule has 2 heterocycles. The molecule has 0 aromatic heterocycles. The van der Waals surface area contributed by atoms with Gasteiger partial charge in [0.25, 0.3) is 0 Å². The molecule has 104 valence electrons. The van der Waals surface area contributed by atoms with Gasteiger partial charge in [-0.2, -0.15) is 0 Å². The summed E-state index contributed by atoms with van der Waals surface area (Å²) in [7, 11) is 0. The minimum absolute atomic E-state index is 0.495. The molecule has 2 rings (SSSR count). The third kappa shape index (κ3) is 2.33. The van der Waals surface area contributed by atoms with Gasteiger partial charge in [-0.15, -0.1) is 19.1 Å². The van der Waals surface area contributed by atoms with Crippen LogP contribution in [0.2, 0.25) is 0 Å². The van der Waals surface area contributed by atoms with Crippen molar-refractivity contribution in [2.45, 2.75) is 29.5 Å². The minimum atomic E-state index is -1.62. The molecule has 0 aliphatic carbocycles. The van der Waals surface area contributed by atoms with Crippen LogP contribution in [0.4, 0.5) is 0 Å². The number of hydrogen-bond donors (Lipinski definition) is 5. The van der Waals surface area contributed by atoms with Crippen molar-refractivity contribution in [3.05, 3.63) is 12.3 Å². The van der Waals surface area contributed by atoms with Gasteiger partial charge in [0.15, 0.2) is 11.8 Å². The lowest BCUT2D eigenvalue weighted by Crippen LogP contribution is -2.52. The van der Waals surface area contributed by atoms with Crippen LogP contribution in [0.5, 0.6) is 0 Å². The number of hydrogen-bond acceptors (Lipinski definition) is 7. The molecule has 0 aromatic rings. The first-order valence-corrected chi connectivity index (χ1v) is 6.44. The maximum absolute atomic E-state index is 10.0. The Bertz CT molecular complexity index is 452. The van der Waals surface area contributed by atoms with Crippen molar-refractivity contribution in [2.24, 2.45) is 0 Å². The van der Waals surface area contributed by atoms with E-state index in [4.69, 9.17) is 23.4 Å². The first-order valence-electron chi connectivity index (χ1n) is 5.52. The summed E-state index contributed by atoms with van der Waals surface area (Å²) in [5.74, 6) is 2.20. The Morgan fingerprint density at radius 1 is 1.63 bits per heavy atom. The third-order valence-electron chi connectivity index (χ3n) is 3.15. The van der Waals surface area contributed by atoms with E-state index < -0.39 is 36.1 Å². The maximum atomic E-state index is 10.0. The first kappa shape index (κ1) is 14.6. The average Bonchev–Trinajstić information content (AvgIpc) is 2.64. The molecular formula is C11H14N2O4S2. The predicted octanol–water partition coefficient (Wildman–Crippen LogP) is -1.61. The number of ether oxygens (including phenoxy) is 1. The first-order chi connectivity index (χ1) is 8.95. The fourth-order valence-corrected chi connectivity index (χ4v) is 2.64. The van der Waals surface area contributed by atoms with E-state index in [1.807, 2.05) is 0 Å². The van der Waals surface area contributed by atoms with Crippen LogP contribution in [-0.4, -0.2) is 61.3 Å². The van der Waals surface area contributed by atoms with Crippen molar-refractivity contribution in [2.75, 3.05) is 6.61 Å². The van der Waals surface area contributed by atoms with E-state index in [9.17, 15) is 15.3 Å². The SMILES string of the molecule is C#CC1(CO)OC(N2C=CC(=S)NC2S)C(O)C1O. The highest BCUT2D eigenvalue weighted by Crippen LogP contribution is 2.34. The predicted molar refractivity (Wildman–Crippen MR) is 75.0 cm³/mol. The molecule has 1 saturated heterocycles. The van der Waals surface area contributed by atoms with E-state index in [0.29, 0.717) is 4.99 Å². The summed E-state index contributed by atoms with van der Waals surface area (Å²) in [4.78, 5) is 2.01. The Labute approximate surface area is 121 Å². The Morgan fingerprint density at radius 2 is 2.32 bits per heavy atom. The lowest BCUT2D eigenvalue weighted by molar-refractivity contribution is -0.113. The van der Waals surface area contributed by atoms with Crippen molar-refractivity contribution < 1.29 is 20.1 Å². The van der Waals surface area contributed by atoms with E-state index in [-0.39, 0.29) is 0 Å². The van der Waals surface area contributed by atoms with E-state index >= 15 is 0 Å². The zero-order valence-electron chi connectivity index (χ0n) is 9.80. The Morgan fingerprint density at radius 3 is 2.79 bits per heavy atom. The van der Waals surface area contributed by atoms with Gasteiger partial charge in [-0.3, -0.25) is 0 Å². The summed E-state index contributed by atoms with van der Waals surface area (Å²) >= 11 is 9.22. The second-order valence-electron chi connectivity index (χ2n) is 4.28. The molecular weight excluding hydrogens is 288 g/mol. The van der Waals surface area contributed by atoms with Gasteiger partial charge in [-0.25, -0.2) is 0 Å². The van der Waals surface area contributed by atoms with Crippen LogP contribution < -0.4 is 5.32 Å². The number of thiocarbonyl (C=S) groups is 1. The summed E-state index contributed by atoms with van der Waals surface area (Å²) in [6.45, 7) is -0.598. The van der Waals surface area contributed by atoms with Crippen molar-refractivity contribution in [3.63, 3.8) is 0 Å². The van der Waals surface area contributed by atoms with Gasteiger partial charge in [0.1, 0.15) is 22.7 Å². The van der Waals surface area contributed by atoms with Gasteiger partial charge in [0, 0.05) is 6.20 Å². The fraction of sp³-hybridized carbons (Fsp3) is 0.545. The van der Waals surface area contributed by atoms with Crippen LogP contribution >= 0.6 is 24.8 Å². The number of rotatable bonds is 2. The quantitative estimate of drug-likeness (QED) is 0.238. The number of nitrogens with zero attached hydrogens (tertiary/aromatic N) is 1. The molecule has 0 radical (unpaired) electrons. The molecule has 1 fully saturated rings. The molecule has 8 heteroatoms. The maximum Gasteiger partial charge on any atom is 0.182 e. The fourth-order valence-electron chi connectivity index (χ4n) is 2.03. The summed E-state index contributed by atoms with van der Waals surface area (Å²) < 4.78 is 5.47. The van der Waals surface area contributed by atoms with E-state index in [1.54, 1.807) is 12.3 Å². The van der Waals surface area contributed by atoms with Gasteiger partial charge >= 0.3 is 0 Å². The Kier molecular flexibility index (Phi) is 4.06. The summed E-state index contributed by atoms with van der Waals surface area (Å²) in [6.07, 6.45) is 4.85. The van der Waals surface area contributed by atoms with Crippen LogP contribution in [0.1, 0.15) is 0 Å². The van der Waals surface area contributed by atoms with E-state index in [1.165, 1.54) is 4.90 Å². The summed E-state index contributed by atoms with van der Waals surface area (Å²) in [6, 6.07) is 0. The zero-order chi connectivity index (χ0) is 14.2. The largest absolute Gasteiger partial charge is 0.392 e. The standard InChI is InChI=1S/C11H14N2O4S2/c1-2-11(5-14)8(16)7(15)9(17-11)13-4-3-6(18)12-10(13)19/h1,3-4,7-10,14-16,19H,5H2,(H,12,18). The van der Waals surface area contributed by atoms with Crippen LogP contribution in [0, 0.1) is 12.3 Å². The molecule has 2 aliphatic rings. The normalized spacial score (nSPS) is 42.1. The number of aliphatic hydroxyl groups is 3. The number of terminal acetylenes is 1. The van der Waals surface area contributed by atoms with Gasteiger partial charge < -0.3 is 30.3 Å². The molecule has 19 heavy (non-hydrogen) atoms. The molecule has 2 aliphatic heterocycles. The molecule has 0 aromatic carbocycles. The Balaban J connectivity index is 2.26. The summed E-state index contributed by atoms with van der Waals surface area (Å²) in [5, 5.41) is 32.1. The second kappa shape index (κ2) is 5.28. The lowest BCUT2D eigenvalue weighted by Gasteiger charge is -2.37. The highest BCUT2D eigenvalue weighted by molar-refractivity contribution is 7.82. The highest BCUT2D eigenvalue weighted by Gasteiger charge is 2.55. The second-order valence-corrected chi connectivity index (χ2v) is 5.21. The van der Waals surface area contributed by atoms with Gasteiger partial charge in [0.2, 0.25) is 0 Å². The molecule has 5 atom stereocenters.